The summed E-state index contributed by atoms with van der Waals surface area (Å²) in [6.07, 6.45) is 27.2. The minimum Gasteiger partial charge on any atom is -0.870 e. The predicted octanol–water partition coefficient (Wildman–Crippen LogP) is 14.8. The molecule has 2 N–H and O–H groups in total. The number of hydrogen-bond acceptors (Lipinski definition) is 6. The molecular weight excluding hydrogens is 758 g/mol. The molecule has 0 aliphatic rings. The molecule has 0 amide bonds. The van der Waals surface area contributed by atoms with E-state index >= 15 is 0 Å². The highest BCUT2D eigenvalue weighted by Crippen LogP contribution is 2.43. The first-order valence-electron chi connectivity index (χ1n) is 24.9. The van der Waals surface area contributed by atoms with Crippen LogP contribution in [0.3, 0.4) is 0 Å². The summed E-state index contributed by atoms with van der Waals surface area (Å²) in [7, 11) is 2.27. The molecule has 0 saturated heterocycles. The van der Waals surface area contributed by atoms with Gasteiger partial charge in [-0.3, -0.25) is 9.05 Å². The standard InChI is InChI=1S/C50H104NO6P.H2O/c1-42(2)22-16-24-44(5)26-18-28-46(7)30-20-32-48(9)34-38-54-40-50(41-57-58(52,53)56-37-15-14-36-51(11,12)13)55-39-35-49(10)33-21-31-47(8)29-19-27-45(6)25-17-23-43(3)4;/h42-50H,14-41H2,1-13H3;1H2. The second-order valence-corrected chi connectivity index (χ2v) is 22.9. The average molecular weight is 864 g/mol. The Bertz CT molecular complexity index is 960. The Morgan fingerprint density at radius 1 is 0.441 bits per heavy atom. The summed E-state index contributed by atoms with van der Waals surface area (Å²) in [5.41, 5.74) is 0. The summed E-state index contributed by atoms with van der Waals surface area (Å²) in [5.74, 6) is 6.15. The third kappa shape index (κ3) is 43.0. The van der Waals surface area contributed by atoms with Gasteiger partial charge in [0.2, 0.25) is 0 Å². The van der Waals surface area contributed by atoms with Crippen LogP contribution in [0.2, 0.25) is 0 Å². The molecule has 0 saturated carbocycles. The molecule has 0 fully saturated rings. The predicted molar refractivity (Wildman–Crippen MR) is 253 cm³/mol. The monoisotopic (exact) mass is 864 g/mol. The van der Waals surface area contributed by atoms with E-state index in [9.17, 15) is 9.46 Å². The van der Waals surface area contributed by atoms with Crippen molar-refractivity contribution in [2.75, 3.05) is 60.7 Å². The fourth-order valence-electron chi connectivity index (χ4n) is 8.04. The van der Waals surface area contributed by atoms with Crippen LogP contribution in [-0.4, -0.2) is 81.7 Å². The Hall–Kier alpha value is -0.0500. The summed E-state index contributed by atoms with van der Waals surface area (Å²) in [5, 5.41) is 0. The molecule has 0 spiro atoms. The molecule has 0 aliphatic carbocycles. The molecule has 0 aromatic rings. The topological polar surface area (TPSA) is 104 Å². The lowest BCUT2D eigenvalue weighted by Crippen LogP contribution is -2.35. The highest BCUT2D eigenvalue weighted by molar-refractivity contribution is 7.47. The molecular formula is C50H106NO7P. The summed E-state index contributed by atoms with van der Waals surface area (Å²) in [6.45, 7) is 26.5. The smallest absolute Gasteiger partial charge is 0.472 e. The molecule has 0 rings (SSSR count). The second-order valence-electron chi connectivity index (χ2n) is 21.5. The number of rotatable bonds is 42. The Kier molecular flexibility index (Phi) is 38.6. The van der Waals surface area contributed by atoms with Crippen molar-refractivity contribution in [1.82, 2.24) is 0 Å². The van der Waals surface area contributed by atoms with Crippen LogP contribution in [-0.2, 0) is 23.1 Å². The molecule has 8 unspecified atom stereocenters. The van der Waals surface area contributed by atoms with Crippen LogP contribution in [0.4, 0.5) is 0 Å². The van der Waals surface area contributed by atoms with Crippen molar-refractivity contribution in [3.63, 3.8) is 0 Å². The molecule has 0 radical (unpaired) electrons. The lowest BCUT2D eigenvalue weighted by atomic mass is 9.91. The van der Waals surface area contributed by atoms with Gasteiger partial charge in [-0.25, -0.2) is 4.57 Å². The van der Waals surface area contributed by atoms with Gasteiger partial charge in [-0.2, -0.15) is 0 Å². The Morgan fingerprint density at radius 3 is 1.17 bits per heavy atom. The van der Waals surface area contributed by atoms with Crippen LogP contribution in [0.15, 0.2) is 0 Å². The van der Waals surface area contributed by atoms with Crippen LogP contribution in [0.25, 0.3) is 0 Å². The molecule has 0 bridgehead atoms. The first-order valence-corrected chi connectivity index (χ1v) is 26.4. The molecule has 358 valence electrons. The fraction of sp³-hybridized carbons (Fsp3) is 1.00. The number of unbranched alkanes of at least 4 members (excludes halogenated alkanes) is 1. The maximum Gasteiger partial charge on any atom is 0.472 e. The van der Waals surface area contributed by atoms with Gasteiger partial charge in [0, 0.05) is 13.2 Å². The van der Waals surface area contributed by atoms with Crippen LogP contribution in [0.5, 0.6) is 0 Å². The largest absolute Gasteiger partial charge is 0.870 e. The third-order valence-electron chi connectivity index (χ3n) is 12.5. The fourth-order valence-corrected chi connectivity index (χ4v) is 8.83. The summed E-state index contributed by atoms with van der Waals surface area (Å²) in [4.78, 5) is 10.4. The van der Waals surface area contributed by atoms with E-state index in [4.69, 9.17) is 18.5 Å². The number of hydrogen-bond donors (Lipinski definition) is 1. The van der Waals surface area contributed by atoms with Crippen molar-refractivity contribution in [2.24, 2.45) is 47.3 Å². The average Bonchev–Trinajstić information content (AvgIpc) is 3.11. The molecule has 9 heteroatoms. The first-order chi connectivity index (χ1) is 27.3. The van der Waals surface area contributed by atoms with Gasteiger partial charge in [-0.1, -0.05) is 185 Å². The lowest BCUT2D eigenvalue weighted by molar-refractivity contribution is -0.870. The summed E-state index contributed by atoms with van der Waals surface area (Å²) < 4.78 is 36.7. The van der Waals surface area contributed by atoms with E-state index in [0.29, 0.717) is 31.7 Å². The van der Waals surface area contributed by atoms with Crippen molar-refractivity contribution < 1.29 is 37.9 Å². The van der Waals surface area contributed by atoms with Gasteiger partial charge in [0.25, 0.3) is 0 Å². The zero-order valence-electron chi connectivity index (χ0n) is 41.8. The van der Waals surface area contributed by atoms with Crippen LogP contribution in [0, 0.1) is 47.3 Å². The third-order valence-corrected chi connectivity index (χ3v) is 13.4. The highest BCUT2D eigenvalue weighted by atomic mass is 31.2. The highest BCUT2D eigenvalue weighted by Gasteiger charge is 2.24. The molecule has 0 aromatic heterocycles. The molecule has 8 atom stereocenters. The number of phosphoric ester groups is 1. The normalized spacial score (nSPS) is 17.0. The van der Waals surface area contributed by atoms with E-state index in [1.165, 1.54) is 116 Å². The van der Waals surface area contributed by atoms with Crippen LogP contribution >= 0.6 is 7.82 Å². The van der Waals surface area contributed by atoms with E-state index in [0.717, 1.165) is 72.2 Å². The van der Waals surface area contributed by atoms with E-state index in [-0.39, 0.29) is 18.7 Å². The number of phosphoric acid groups is 1. The zero-order valence-corrected chi connectivity index (χ0v) is 42.7. The molecule has 0 heterocycles. The van der Waals surface area contributed by atoms with E-state index < -0.39 is 13.9 Å². The Morgan fingerprint density at radius 2 is 0.797 bits per heavy atom. The SMILES string of the molecule is CC(C)CCCC(C)CCCC(C)CCCC(C)CCOCC(COP(=O)(O)OCCCC[N+](C)(C)C)OCCC(C)CCCC(C)CCCC(C)CCCC(C)C.[OH-]. The second kappa shape index (κ2) is 37.3. The molecule has 59 heavy (non-hydrogen) atoms. The van der Waals surface area contributed by atoms with Gasteiger partial charge in [-0.05, 0) is 73.0 Å². The van der Waals surface area contributed by atoms with Crippen LogP contribution in [0.1, 0.15) is 210 Å². The maximum atomic E-state index is 12.7. The minimum atomic E-state index is -4.16. The van der Waals surface area contributed by atoms with Crippen molar-refractivity contribution in [3.05, 3.63) is 0 Å². The van der Waals surface area contributed by atoms with Crippen molar-refractivity contribution in [2.45, 2.75) is 217 Å². The molecule has 0 aromatic carbocycles. The maximum absolute atomic E-state index is 12.7. The van der Waals surface area contributed by atoms with Gasteiger partial charge >= 0.3 is 7.82 Å². The summed E-state index contributed by atoms with van der Waals surface area (Å²) >= 11 is 0. The molecule has 8 nitrogen and oxygen atoms in total. The van der Waals surface area contributed by atoms with Crippen molar-refractivity contribution >= 4 is 7.82 Å². The van der Waals surface area contributed by atoms with E-state index in [1.807, 2.05) is 0 Å². The lowest BCUT2D eigenvalue weighted by Gasteiger charge is -2.24. The van der Waals surface area contributed by atoms with Crippen molar-refractivity contribution in [1.29, 1.82) is 0 Å². The molecule has 0 aliphatic heterocycles. The Labute approximate surface area is 369 Å². The number of nitrogens with zero attached hydrogens (tertiary/aromatic N) is 1. The van der Waals surface area contributed by atoms with Gasteiger partial charge in [0.1, 0.15) is 6.10 Å². The minimum absolute atomic E-state index is 0. The summed E-state index contributed by atoms with van der Waals surface area (Å²) in [6, 6.07) is 0. The van der Waals surface area contributed by atoms with Gasteiger partial charge in [-0.15, -0.1) is 0 Å². The van der Waals surface area contributed by atoms with E-state index in [1.54, 1.807) is 0 Å². The van der Waals surface area contributed by atoms with Gasteiger partial charge in [0.15, 0.2) is 0 Å². The van der Waals surface area contributed by atoms with Crippen molar-refractivity contribution in [3.8, 4) is 0 Å². The van der Waals surface area contributed by atoms with Gasteiger partial charge < -0.3 is 24.3 Å². The first kappa shape index (κ1) is 61.0. The van der Waals surface area contributed by atoms with Crippen LogP contribution < -0.4 is 0 Å². The zero-order chi connectivity index (χ0) is 43.8. The quantitative estimate of drug-likeness (QED) is 0.0370. The number of ether oxygens (including phenoxy) is 2. The Balaban J connectivity index is 0. The van der Waals surface area contributed by atoms with Gasteiger partial charge in [0.05, 0.1) is 47.5 Å². The number of quaternary nitrogens is 1. The van der Waals surface area contributed by atoms with E-state index in [2.05, 4.69) is 90.4 Å².